The fourth-order valence-corrected chi connectivity index (χ4v) is 1.29. The molecule has 0 bridgehead atoms. The van der Waals surface area contributed by atoms with E-state index in [0.29, 0.717) is 11.8 Å². The van der Waals surface area contributed by atoms with Crippen molar-refractivity contribution < 1.29 is 22.7 Å². The molecule has 0 aromatic heterocycles. The molecule has 0 amide bonds. The molecule has 0 saturated heterocycles. The summed E-state index contributed by atoms with van der Waals surface area (Å²) in [7, 11) is 0. The molecule has 0 aliphatic heterocycles. The van der Waals surface area contributed by atoms with Crippen LogP contribution in [0.5, 0.6) is 5.75 Å². The second-order valence-corrected chi connectivity index (χ2v) is 2.90. The lowest BCUT2D eigenvalue weighted by Crippen LogP contribution is -2.18. The third-order valence-corrected chi connectivity index (χ3v) is 1.93. The van der Waals surface area contributed by atoms with Gasteiger partial charge in [-0.1, -0.05) is 12.1 Å². The summed E-state index contributed by atoms with van der Waals surface area (Å²) in [5, 5.41) is 0. The van der Waals surface area contributed by atoms with Crippen molar-refractivity contribution in [3.63, 3.8) is 0 Å². The monoisotopic (exact) mass is 238 g/mol. The summed E-state index contributed by atoms with van der Waals surface area (Å²) in [4.78, 5) is 10.6. The molecule has 0 aliphatic carbocycles. The number of hydrogen-bond acceptors (Lipinski definition) is 2. The number of alkyl halides is 4. The van der Waals surface area contributed by atoms with Gasteiger partial charge in [-0.15, -0.1) is 24.8 Å². The Balaban J connectivity index is 3.12. The van der Waals surface area contributed by atoms with Gasteiger partial charge in [-0.05, 0) is 11.6 Å². The van der Waals surface area contributed by atoms with E-state index in [-0.39, 0.29) is 11.4 Å². The number of carbonyl (C=O) groups excluding carboxylic acids is 1. The first-order valence-electron chi connectivity index (χ1n) is 3.86. The first kappa shape index (κ1) is 11.8. The molecule has 0 unspecified atom stereocenters. The molecule has 2 nitrogen and oxygen atoms in total. The summed E-state index contributed by atoms with van der Waals surface area (Å²) in [5.41, 5.74) is 0.123. The van der Waals surface area contributed by atoms with Crippen LogP contribution in [0.1, 0.15) is 15.9 Å². The molecule has 15 heavy (non-hydrogen) atoms. The maximum absolute atomic E-state index is 11.9. The summed E-state index contributed by atoms with van der Waals surface area (Å²) < 4.78 is 39.4. The number of ether oxygens (including phenoxy) is 1. The lowest BCUT2D eigenvalue weighted by atomic mass is 10.1. The van der Waals surface area contributed by atoms with Crippen LogP contribution in [0.4, 0.5) is 13.2 Å². The Labute approximate surface area is 88.6 Å². The van der Waals surface area contributed by atoms with Gasteiger partial charge in [0.1, 0.15) is 5.75 Å². The van der Waals surface area contributed by atoms with Gasteiger partial charge in [-0.3, -0.25) is 4.79 Å². The van der Waals surface area contributed by atoms with E-state index in [4.69, 9.17) is 11.6 Å². The number of aldehydes is 1. The van der Waals surface area contributed by atoms with Crippen molar-refractivity contribution in [3.05, 3.63) is 29.3 Å². The third kappa shape index (κ3) is 3.13. The van der Waals surface area contributed by atoms with Gasteiger partial charge in [-0.2, -0.15) is 0 Å². The zero-order valence-corrected chi connectivity index (χ0v) is 8.10. The van der Waals surface area contributed by atoms with E-state index in [1.807, 2.05) is 0 Å². The number of halogens is 4. The van der Waals surface area contributed by atoms with Crippen LogP contribution in [-0.2, 0) is 5.88 Å². The molecular formula is C9H6ClF3O2. The maximum atomic E-state index is 11.9. The summed E-state index contributed by atoms with van der Waals surface area (Å²) in [6.45, 7) is 0. The van der Waals surface area contributed by atoms with Crippen LogP contribution in [-0.4, -0.2) is 12.6 Å². The summed E-state index contributed by atoms with van der Waals surface area (Å²) >= 11 is 5.46. The van der Waals surface area contributed by atoms with E-state index in [1.54, 1.807) is 0 Å². The lowest BCUT2D eigenvalue weighted by Gasteiger charge is -2.12. The molecule has 0 spiro atoms. The van der Waals surface area contributed by atoms with Crippen molar-refractivity contribution >= 4 is 17.9 Å². The highest BCUT2D eigenvalue weighted by molar-refractivity contribution is 6.17. The average molecular weight is 239 g/mol. The Morgan fingerprint density at radius 1 is 1.40 bits per heavy atom. The molecule has 1 aromatic rings. The van der Waals surface area contributed by atoms with Crippen molar-refractivity contribution in [2.45, 2.75) is 12.2 Å². The lowest BCUT2D eigenvalue weighted by molar-refractivity contribution is -0.274. The van der Waals surface area contributed by atoms with E-state index in [2.05, 4.69) is 4.74 Å². The van der Waals surface area contributed by atoms with Crippen LogP contribution >= 0.6 is 11.6 Å². The average Bonchev–Trinajstić information content (AvgIpc) is 2.15. The van der Waals surface area contributed by atoms with Crippen molar-refractivity contribution in [1.29, 1.82) is 0 Å². The quantitative estimate of drug-likeness (QED) is 0.597. The van der Waals surface area contributed by atoms with Gasteiger partial charge < -0.3 is 4.74 Å². The molecule has 1 aromatic carbocycles. The SMILES string of the molecule is O=Cc1c(CCl)cccc1OC(F)(F)F. The van der Waals surface area contributed by atoms with Crippen molar-refractivity contribution in [2.24, 2.45) is 0 Å². The highest BCUT2D eigenvalue weighted by Crippen LogP contribution is 2.27. The molecule has 0 atom stereocenters. The second kappa shape index (κ2) is 4.53. The number of hydrogen-bond donors (Lipinski definition) is 0. The van der Waals surface area contributed by atoms with E-state index in [0.717, 1.165) is 6.07 Å². The minimum atomic E-state index is -4.82. The van der Waals surface area contributed by atoms with Crippen LogP contribution in [0.2, 0.25) is 0 Å². The van der Waals surface area contributed by atoms with Crippen LogP contribution in [0.3, 0.4) is 0 Å². The second-order valence-electron chi connectivity index (χ2n) is 2.63. The molecule has 0 radical (unpaired) electrons. The van der Waals surface area contributed by atoms with Crippen LogP contribution < -0.4 is 4.74 Å². The molecule has 6 heteroatoms. The van der Waals surface area contributed by atoms with E-state index in [1.165, 1.54) is 12.1 Å². The highest BCUT2D eigenvalue weighted by atomic mass is 35.5. The van der Waals surface area contributed by atoms with Crippen LogP contribution in [0.25, 0.3) is 0 Å². The van der Waals surface area contributed by atoms with Gasteiger partial charge in [0.2, 0.25) is 0 Å². The van der Waals surface area contributed by atoms with Crippen molar-refractivity contribution in [2.75, 3.05) is 0 Å². The largest absolute Gasteiger partial charge is 0.573 e. The van der Waals surface area contributed by atoms with Gasteiger partial charge in [0.25, 0.3) is 0 Å². The van der Waals surface area contributed by atoms with Crippen LogP contribution in [0.15, 0.2) is 18.2 Å². The van der Waals surface area contributed by atoms with Crippen LogP contribution in [0, 0.1) is 0 Å². The Morgan fingerprint density at radius 2 is 2.07 bits per heavy atom. The Kier molecular flexibility index (Phi) is 3.57. The Bertz CT molecular complexity index is 363. The zero-order chi connectivity index (χ0) is 11.5. The molecular weight excluding hydrogens is 233 g/mol. The minimum absolute atomic E-state index is 0.0524. The summed E-state index contributed by atoms with van der Waals surface area (Å²) in [6, 6.07) is 3.86. The minimum Gasteiger partial charge on any atom is -0.405 e. The number of carbonyl (C=O) groups is 1. The smallest absolute Gasteiger partial charge is 0.405 e. The fraction of sp³-hybridized carbons (Fsp3) is 0.222. The van der Waals surface area contributed by atoms with Crippen molar-refractivity contribution in [1.82, 2.24) is 0 Å². The predicted octanol–water partition coefficient (Wildman–Crippen LogP) is 3.14. The predicted molar refractivity (Wildman–Crippen MR) is 48.1 cm³/mol. The summed E-state index contributed by atoms with van der Waals surface area (Å²) in [5.74, 6) is -0.584. The normalized spacial score (nSPS) is 11.2. The molecule has 82 valence electrons. The first-order chi connectivity index (χ1) is 6.98. The standard InChI is InChI=1S/C9H6ClF3O2/c10-4-6-2-1-3-8(7(6)5-14)15-9(11,12)13/h1-3,5H,4H2. The first-order valence-corrected chi connectivity index (χ1v) is 4.40. The van der Waals surface area contributed by atoms with Gasteiger partial charge in [0, 0.05) is 5.88 Å². The Morgan fingerprint density at radius 3 is 2.53 bits per heavy atom. The number of benzene rings is 1. The molecule has 0 heterocycles. The third-order valence-electron chi connectivity index (χ3n) is 1.64. The molecule has 1 rings (SSSR count). The molecule has 0 N–H and O–H groups in total. The fourth-order valence-electron chi connectivity index (χ4n) is 1.05. The topological polar surface area (TPSA) is 26.3 Å². The summed E-state index contributed by atoms with van der Waals surface area (Å²) in [6.07, 6.45) is -4.53. The van der Waals surface area contributed by atoms with Gasteiger partial charge in [0.05, 0.1) is 5.56 Å². The number of rotatable bonds is 3. The molecule has 0 aliphatic rings. The maximum Gasteiger partial charge on any atom is 0.573 e. The molecule has 0 fully saturated rings. The van der Waals surface area contributed by atoms with E-state index >= 15 is 0 Å². The zero-order valence-electron chi connectivity index (χ0n) is 7.34. The van der Waals surface area contributed by atoms with E-state index < -0.39 is 12.1 Å². The van der Waals surface area contributed by atoms with E-state index in [9.17, 15) is 18.0 Å². The van der Waals surface area contributed by atoms with Gasteiger partial charge >= 0.3 is 6.36 Å². The molecule has 0 saturated carbocycles. The van der Waals surface area contributed by atoms with Crippen molar-refractivity contribution in [3.8, 4) is 5.75 Å². The Hall–Kier alpha value is -1.23. The van der Waals surface area contributed by atoms with Gasteiger partial charge in [-0.25, -0.2) is 0 Å². The van der Waals surface area contributed by atoms with Gasteiger partial charge in [0.15, 0.2) is 6.29 Å². The highest BCUT2D eigenvalue weighted by Gasteiger charge is 2.32.